The normalized spacial score (nSPS) is 27.0. The lowest BCUT2D eigenvalue weighted by Gasteiger charge is -2.32. The van der Waals surface area contributed by atoms with Crippen LogP contribution in [-0.4, -0.2) is 17.3 Å². The first-order valence-electron chi connectivity index (χ1n) is 14.0. The minimum atomic E-state index is -0.274. The highest BCUT2D eigenvalue weighted by Crippen LogP contribution is 2.53. The summed E-state index contributed by atoms with van der Waals surface area (Å²) >= 11 is 0. The molecule has 2 aromatic rings. The molecular formula is C35H34O5. The number of benzene rings is 2. The summed E-state index contributed by atoms with van der Waals surface area (Å²) < 4.78 is 12.8. The Morgan fingerprint density at radius 2 is 1.02 bits per heavy atom. The molecule has 0 aromatic heterocycles. The van der Waals surface area contributed by atoms with Crippen molar-refractivity contribution in [1.29, 1.82) is 0 Å². The SMILES string of the molecule is CC1(C)CC(=O)C=C2O/C(=C(/C(=O)/C(=C3\CC4C(=CC(=O)CC4(C)C)O3)c3ccccc3)c3ccccc3)CC21. The van der Waals surface area contributed by atoms with Crippen molar-refractivity contribution < 1.29 is 23.9 Å². The average molecular weight is 535 g/mol. The molecule has 5 heteroatoms. The van der Waals surface area contributed by atoms with Gasteiger partial charge in [-0.05, 0) is 22.0 Å². The number of carbonyl (C=O) groups is 3. The van der Waals surface area contributed by atoms with Gasteiger partial charge in [0.05, 0.1) is 11.1 Å². The van der Waals surface area contributed by atoms with E-state index >= 15 is 0 Å². The molecule has 2 heterocycles. The Bertz CT molecular complexity index is 1420. The summed E-state index contributed by atoms with van der Waals surface area (Å²) in [4.78, 5) is 39.8. The van der Waals surface area contributed by atoms with Gasteiger partial charge in [0.25, 0.3) is 0 Å². The van der Waals surface area contributed by atoms with Crippen molar-refractivity contribution >= 4 is 28.5 Å². The second kappa shape index (κ2) is 9.58. The number of hydrogen-bond donors (Lipinski definition) is 0. The zero-order valence-electron chi connectivity index (χ0n) is 23.5. The zero-order chi connectivity index (χ0) is 28.2. The molecule has 0 radical (unpaired) electrons. The number of ether oxygens (including phenoxy) is 2. The lowest BCUT2D eigenvalue weighted by Crippen LogP contribution is -2.30. The van der Waals surface area contributed by atoms with E-state index in [9.17, 15) is 14.4 Å². The van der Waals surface area contributed by atoms with Gasteiger partial charge in [-0.2, -0.15) is 0 Å². The van der Waals surface area contributed by atoms with Crippen molar-refractivity contribution in [3.8, 4) is 0 Å². The smallest absolute Gasteiger partial charge is 0.201 e. The van der Waals surface area contributed by atoms with E-state index in [1.165, 1.54) is 0 Å². The molecule has 2 saturated heterocycles. The number of rotatable bonds is 4. The maximum Gasteiger partial charge on any atom is 0.201 e. The van der Waals surface area contributed by atoms with E-state index in [1.807, 2.05) is 60.7 Å². The van der Waals surface area contributed by atoms with Gasteiger partial charge in [-0.1, -0.05) is 88.4 Å². The largest absolute Gasteiger partial charge is 0.465 e. The molecule has 5 nitrogen and oxygen atoms in total. The van der Waals surface area contributed by atoms with E-state index < -0.39 is 0 Å². The predicted molar refractivity (Wildman–Crippen MR) is 153 cm³/mol. The van der Waals surface area contributed by atoms with E-state index in [2.05, 4.69) is 27.7 Å². The second-order valence-electron chi connectivity index (χ2n) is 12.7. The minimum absolute atomic E-state index is 0.0158. The molecule has 0 amide bonds. The number of carbonyl (C=O) groups excluding carboxylic acids is 3. The van der Waals surface area contributed by atoms with Crippen LogP contribution in [0.15, 0.2) is 95.9 Å². The molecule has 204 valence electrons. The Labute approximate surface area is 235 Å². The molecule has 6 rings (SSSR count). The van der Waals surface area contributed by atoms with Gasteiger partial charge in [0, 0.05) is 49.7 Å². The monoisotopic (exact) mass is 534 g/mol. The van der Waals surface area contributed by atoms with Crippen molar-refractivity contribution in [2.24, 2.45) is 22.7 Å². The summed E-state index contributed by atoms with van der Waals surface area (Å²) in [6, 6.07) is 19.2. The highest BCUT2D eigenvalue weighted by molar-refractivity contribution is 6.43. The van der Waals surface area contributed by atoms with Gasteiger partial charge in [0.15, 0.2) is 11.6 Å². The summed E-state index contributed by atoms with van der Waals surface area (Å²) in [6.07, 6.45) is 5.17. The van der Waals surface area contributed by atoms with Crippen LogP contribution in [0.4, 0.5) is 0 Å². The van der Waals surface area contributed by atoms with Gasteiger partial charge in [-0.15, -0.1) is 0 Å². The first kappa shape index (κ1) is 26.2. The van der Waals surface area contributed by atoms with Crippen molar-refractivity contribution in [3.05, 3.63) is 107 Å². The van der Waals surface area contributed by atoms with E-state index in [1.54, 1.807) is 12.2 Å². The average Bonchev–Trinajstić information content (AvgIpc) is 3.50. The first-order chi connectivity index (χ1) is 19.0. The van der Waals surface area contributed by atoms with Gasteiger partial charge >= 0.3 is 0 Å². The lowest BCUT2D eigenvalue weighted by molar-refractivity contribution is -0.119. The first-order valence-corrected chi connectivity index (χ1v) is 14.0. The van der Waals surface area contributed by atoms with Gasteiger partial charge in [0.2, 0.25) is 5.78 Å². The van der Waals surface area contributed by atoms with Crippen molar-refractivity contribution in [2.45, 2.75) is 53.4 Å². The topological polar surface area (TPSA) is 69.7 Å². The third-order valence-corrected chi connectivity index (χ3v) is 8.84. The lowest BCUT2D eigenvalue weighted by atomic mass is 9.69. The number of Topliss-reactive ketones (excluding diaryl/α,β-unsaturated/α-hetero) is 1. The minimum Gasteiger partial charge on any atom is -0.465 e. The van der Waals surface area contributed by atoms with E-state index in [4.69, 9.17) is 9.47 Å². The van der Waals surface area contributed by atoms with Crippen LogP contribution in [0.25, 0.3) is 11.1 Å². The van der Waals surface area contributed by atoms with Crippen LogP contribution in [0.5, 0.6) is 0 Å². The van der Waals surface area contributed by atoms with Gasteiger partial charge in [0.1, 0.15) is 23.0 Å². The molecule has 2 fully saturated rings. The molecule has 0 N–H and O–H groups in total. The quantitative estimate of drug-likeness (QED) is 0.388. The van der Waals surface area contributed by atoms with E-state index in [0.29, 0.717) is 59.9 Å². The summed E-state index contributed by atoms with van der Waals surface area (Å²) in [7, 11) is 0. The summed E-state index contributed by atoms with van der Waals surface area (Å²) in [5.74, 6) is 2.37. The van der Waals surface area contributed by atoms with Crippen LogP contribution in [0.3, 0.4) is 0 Å². The maximum atomic E-state index is 14.8. The van der Waals surface area contributed by atoms with Crippen LogP contribution in [0.1, 0.15) is 64.5 Å². The fraction of sp³-hybridized carbons (Fsp3) is 0.343. The van der Waals surface area contributed by atoms with E-state index in [0.717, 1.165) is 11.1 Å². The highest BCUT2D eigenvalue weighted by atomic mass is 16.5. The van der Waals surface area contributed by atoms with Gasteiger partial charge in [-0.3, -0.25) is 14.4 Å². The Morgan fingerprint density at radius 3 is 1.40 bits per heavy atom. The standard InChI is InChI=1S/C35H34O5/c1-34(2)19-23(36)15-27-25(34)17-29(39-27)31(21-11-7-5-8-12-21)33(38)32(22-13-9-6-10-14-22)30-18-26-28(40-30)16-24(37)20-35(26,3)4/h5-16,25-26H,17-20H2,1-4H3/b31-29+,32-30+. The highest BCUT2D eigenvalue weighted by Gasteiger charge is 2.47. The van der Waals surface area contributed by atoms with Crippen LogP contribution >= 0.6 is 0 Å². The summed E-state index contributed by atoms with van der Waals surface area (Å²) in [5, 5.41) is 0. The Morgan fingerprint density at radius 1 is 0.650 bits per heavy atom. The van der Waals surface area contributed by atoms with Crippen LogP contribution in [-0.2, 0) is 23.9 Å². The third-order valence-electron chi connectivity index (χ3n) is 8.84. The fourth-order valence-electron chi connectivity index (χ4n) is 6.71. The molecule has 2 unspecified atom stereocenters. The number of fused-ring (bicyclic) bond motifs is 2. The fourth-order valence-corrected chi connectivity index (χ4v) is 6.71. The molecule has 0 saturated carbocycles. The molecular weight excluding hydrogens is 500 g/mol. The Hall–Kier alpha value is -3.99. The van der Waals surface area contributed by atoms with Gasteiger partial charge in [-0.25, -0.2) is 0 Å². The number of allylic oxidation sites excluding steroid dienone is 8. The number of hydrogen-bond acceptors (Lipinski definition) is 5. The van der Waals surface area contributed by atoms with Crippen LogP contribution < -0.4 is 0 Å². The van der Waals surface area contributed by atoms with Gasteiger partial charge < -0.3 is 9.47 Å². The molecule has 40 heavy (non-hydrogen) atoms. The second-order valence-corrected chi connectivity index (χ2v) is 12.7. The van der Waals surface area contributed by atoms with Crippen molar-refractivity contribution in [3.63, 3.8) is 0 Å². The molecule has 2 aliphatic heterocycles. The molecule has 4 aliphatic rings. The molecule has 0 bridgehead atoms. The third kappa shape index (κ3) is 4.57. The van der Waals surface area contributed by atoms with Crippen LogP contribution in [0, 0.1) is 22.7 Å². The molecule has 2 aliphatic carbocycles. The molecule has 0 spiro atoms. The van der Waals surface area contributed by atoms with Crippen molar-refractivity contribution in [2.75, 3.05) is 0 Å². The van der Waals surface area contributed by atoms with Crippen LogP contribution in [0.2, 0.25) is 0 Å². The summed E-state index contributed by atoms with van der Waals surface area (Å²) in [6.45, 7) is 8.34. The molecule has 2 atom stereocenters. The number of ketones is 3. The molecule has 2 aromatic carbocycles. The van der Waals surface area contributed by atoms with E-state index in [-0.39, 0.29) is 40.0 Å². The Kier molecular flexibility index (Phi) is 6.29. The van der Waals surface area contributed by atoms with Crippen molar-refractivity contribution in [1.82, 2.24) is 0 Å². The maximum absolute atomic E-state index is 14.8. The summed E-state index contributed by atoms with van der Waals surface area (Å²) in [5.41, 5.74) is 1.92. The predicted octanol–water partition coefficient (Wildman–Crippen LogP) is 7.22. The zero-order valence-corrected chi connectivity index (χ0v) is 23.5. The Balaban J connectivity index is 1.52.